The molecule has 1 aromatic heterocycles. The molecular formula is C23H17F2NO4. The van der Waals surface area contributed by atoms with Crippen molar-refractivity contribution < 1.29 is 27.9 Å². The maximum Gasteiger partial charge on any atom is 0.296 e. The Morgan fingerprint density at radius 1 is 1.10 bits per heavy atom. The van der Waals surface area contributed by atoms with E-state index in [4.69, 9.17) is 4.42 Å². The maximum atomic E-state index is 13.6. The Morgan fingerprint density at radius 3 is 2.47 bits per heavy atom. The molecule has 1 fully saturated rings. The molecule has 5 nitrogen and oxygen atoms in total. The van der Waals surface area contributed by atoms with Crippen molar-refractivity contribution in [2.45, 2.75) is 19.5 Å². The van der Waals surface area contributed by atoms with Gasteiger partial charge in [0.2, 0.25) is 0 Å². The van der Waals surface area contributed by atoms with Gasteiger partial charge in [0.15, 0.2) is 0 Å². The first-order valence-electron chi connectivity index (χ1n) is 9.19. The summed E-state index contributed by atoms with van der Waals surface area (Å²) >= 11 is 0. The summed E-state index contributed by atoms with van der Waals surface area (Å²) < 4.78 is 32.3. The molecule has 3 aromatic rings. The van der Waals surface area contributed by atoms with Gasteiger partial charge in [-0.15, -0.1) is 0 Å². The topological polar surface area (TPSA) is 70.8 Å². The van der Waals surface area contributed by atoms with Gasteiger partial charge in [0.25, 0.3) is 11.7 Å². The Bertz CT molecular complexity index is 1150. The van der Waals surface area contributed by atoms with Gasteiger partial charge in [-0.05, 0) is 60.5 Å². The van der Waals surface area contributed by atoms with E-state index in [0.717, 1.165) is 0 Å². The van der Waals surface area contributed by atoms with Crippen molar-refractivity contribution in [3.63, 3.8) is 0 Å². The normalized spacial score (nSPS) is 18.2. The Balaban J connectivity index is 1.82. The fraction of sp³-hybridized carbons (Fsp3) is 0.130. The van der Waals surface area contributed by atoms with E-state index >= 15 is 0 Å². The SMILES string of the molecule is Cc1cc(/C(O)=C2/C(=O)C(=O)N(Cc3ccc(F)cc3)C2c2ccco2)ccc1F. The number of amides is 1. The summed E-state index contributed by atoms with van der Waals surface area (Å²) in [4.78, 5) is 26.9. The van der Waals surface area contributed by atoms with Gasteiger partial charge in [-0.2, -0.15) is 0 Å². The average molecular weight is 409 g/mol. The largest absolute Gasteiger partial charge is 0.507 e. The van der Waals surface area contributed by atoms with Crippen LogP contribution in [0.2, 0.25) is 0 Å². The molecule has 1 unspecified atom stereocenters. The Labute approximate surface area is 170 Å². The molecule has 2 heterocycles. The van der Waals surface area contributed by atoms with Crippen LogP contribution in [0.5, 0.6) is 0 Å². The number of nitrogens with zero attached hydrogens (tertiary/aromatic N) is 1. The fourth-order valence-electron chi connectivity index (χ4n) is 3.52. The quantitative estimate of drug-likeness (QED) is 0.392. The summed E-state index contributed by atoms with van der Waals surface area (Å²) in [5.74, 6) is -2.70. The van der Waals surface area contributed by atoms with E-state index in [1.807, 2.05) is 0 Å². The molecule has 0 saturated carbocycles. The lowest BCUT2D eigenvalue weighted by Gasteiger charge is -2.23. The first-order valence-corrected chi connectivity index (χ1v) is 9.19. The smallest absolute Gasteiger partial charge is 0.296 e. The van der Waals surface area contributed by atoms with Crippen molar-refractivity contribution in [3.8, 4) is 0 Å². The van der Waals surface area contributed by atoms with Crippen LogP contribution >= 0.6 is 0 Å². The number of furan rings is 1. The average Bonchev–Trinajstić information content (AvgIpc) is 3.34. The molecule has 1 aliphatic rings. The number of halogens is 2. The number of carbonyl (C=O) groups is 2. The van der Waals surface area contributed by atoms with Gasteiger partial charge in [-0.25, -0.2) is 8.78 Å². The zero-order chi connectivity index (χ0) is 21.4. The van der Waals surface area contributed by atoms with Gasteiger partial charge in [-0.1, -0.05) is 12.1 Å². The molecule has 2 aromatic carbocycles. The molecule has 1 atom stereocenters. The summed E-state index contributed by atoms with van der Waals surface area (Å²) in [6.45, 7) is 1.54. The van der Waals surface area contributed by atoms with E-state index in [2.05, 4.69) is 0 Å². The highest BCUT2D eigenvalue weighted by molar-refractivity contribution is 6.46. The molecule has 1 N–H and O–H groups in total. The van der Waals surface area contributed by atoms with Gasteiger partial charge < -0.3 is 14.4 Å². The molecule has 30 heavy (non-hydrogen) atoms. The van der Waals surface area contributed by atoms with E-state index in [9.17, 15) is 23.5 Å². The van der Waals surface area contributed by atoms with Gasteiger partial charge >= 0.3 is 0 Å². The third kappa shape index (κ3) is 3.39. The highest BCUT2D eigenvalue weighted by Gasteiger charge is 2.47. The summed E-state index contributed by atoms with van der Waals surface area (Å²) in [5.41, 5.74) is 0.954. The van der Waals surface area contributed by atoms with Gasteiger partial charge in [0, 0.05) is 12.1 Å². The van der Waals surface area contributed by atoms with E-state index < -0.39 is 35.1 Å². The molecule has 0 spiro atoms. The van der Waals surface area contributed by atoms with Gasteiger partial charge in [-0.3, -0.25) is 9.59 Å². The molecule has 1 saturated heterocycles. The lowest BCUT2D eigenvalue weighted by molar-refractivity contribution is -0.140. The number of hydrogen-bond donors (Lipinski definition) is 1. The maximum absolute atomic E-state index is 13.6. The van der Waals surface area contributed by atoms with Crippen LogP contribution in [0, 0.1) is 18.6 Å². The monoisotopic (exact) mass is 409 g/mol. The summed E-state index contributed by atoms with van der Waals surface area (Å²) in [7, 11) is 0. The minimum absolute atomic E-state index is 0.00937. The van der Waals surface area contributed by atoms with Gasteiger partial charge in [0.1, 0.15) is 29.2 Å². The molecule has 7 heteroatoms. The van der Waals surface area contributed by atoms with Crippen molar-refractivity contribution in [1.29, 1.82) is 0 Å². The molecule has 0 bridgehead atoms. The summed E-state index contributed by atoms with van der Waals surface area (Å²) in [6.07, 6.45) is 1.40. The van der Waals surface area contributed by atoms with Crippen molar-refractivity contribution in [3.05, 3.63) is 101 Å². The minimum Gasteiger partial charge on any atom is -0.507 e. The second-order valence-electron chi connectivity index (χ2n) is 7.03. The third-order valence-electron chi connectivity index (χ3n) is 5.05. The molecule has 4 rings (SSSR count). The first-order chi connectivity index (χ1) is 14.4. The molecule has 0 aliphatic carbocycles. The Morgan fingerprint density at radius 2 is 1.83 bits per heavy atom. The molecule has 1 aliphatic heterocycles. The van der Waals surface area contributed by atoms with E-state index in [1.54, 1.807) is 12.1 Å². The van der Waals surface area contributed by atoms with Crippen LogP contribution in [0.4, 0.5) is 8.78 Å². The number of aliphatic hydroxyl groups excluding tert-OH is 1. The number of likely N-dealkylation sites (tertiary alicyclic amines) is 1. The zero-order valence-corrected chi connectivity index (χ0v) is 15.9. The number of aryl methyl sites for hydroxylation is 1. The predicted molar refractivity (Wildman–Crippen MR) is 104 cm³/mol. The molecule has 152 valence electrons. The first kappa shape index (κ1) is 19.6. The van der Waals surface area contributed by atoms with E-state index in [-0.39, 0.29) is 29.0 Å². The van der Waals surface area contributed by atoms with Crippen molar-refractivity contribution in [2.75, 3.05) is 0 Å². The highest BCUT2D eigenvalue weighted by atomic mass is 19.1. The number of carbonyl (C=O) groups excluding carboxylic acids is 2. The van der Waals surface area contributed by atoms with Crippen LogP contribution in [-0.2, 0) is 16.1 Å². The Kier molecular flexibility index (Phi) is 4.95. The zero-order valence-electron chi connectivity index (χ0n) is 15.9. The van der Waals surface area contributed by atoms with Crippen LogP contribution in [0.25, 0.3) is 5.76 Å². The summed E-state index contributed by atoms with van der Waals surface area (Å²) in [6, 6.07) is 11.7. The van der Waals surface area contributed by atoms with Crippen molar-refractivity contribution >= 4 is 17.4 Å². The fourth-order valence-corrected chi connectivity index (χ4v) is 3.52. The predicted octanol–water partition coefficient (Wildman–Crippen LogP) is 4.49. The molecule has 0 radical (unpaired) electrons. The minimum atomic E-state index is -0.976. The second kappa shape index (κ2) is 7.59. The standard InChI is InChI=1S/C23H17F2NO4/c1-13-11-15(6-9-17(13)25)21(27)19-20(18-3-2-10-30-18)26(23(29)22(19)28)12-14-4-7-16(24)8-5-14/h2-11,20,27H,12H2,1H3/b21-19-. The lowest BCUT2D eigenvalue weighted by Crippen LogP contribution is -2.29. The number of benzene rings is 2. The van der Waals surface area contributed by atoms with Crippen LogP contribution in [0.1, 0.15) is 28.5 Å². The number of Topliss-reactive ketones (excluding diaryl/α,β-unsaturated/α-hetero) is 1. The van der Waals surface area contributed by atoms with Crippen LogP contribution in [0.3, 0.4) is 0 Å². The second-order valence-corrected chi connectivity index (χ2v) is 7.03. The van der Waals surface area contributed by atoms with Crippen LogP contribution < -0.4 is 0 Å². The van der Waals surface area contributed by atoms with Crippen molar-refractivity contribution in [2.24, 2.45) is 0 Å². The number of rotatable bonds is 4. The number of hydrogen-bond acceptors (Lipinski definition) is 4. The summed E-state index contributed by atoms with van der Waals surface area (Å²) in [5, 5.41) is 10.9. The Hall–Kier alpha value is -3.74. The number of ketones is 1. The van der Waals surface area contributed by atoms with Crippen LogP contribution in [-0.4, -0.2) is 21.7 Å². The molecule has 1 amide bonds. The van der Waals surface area contributed by atoms with Crippen molar-refractivity contribution in [1.82, 2.24) is 4.90 Å². The van der Waals surface area contributed by atoms with E-state index in [0.29, 0.717) is 5.56 Å². The third-order valence-corrected chi connectivity index (χ3v) is 5.05. The molecular weight excluding hydrogens is 392 g/mol. The van der Waals surface area contributed by atoms with Gasteiger partial charge in [0.05, 0.1) is 11.8 Å². The lowest BCUT2D eigenvalue weighted by atomic mass is 9.98. The highest BCUT2D eigenvalue weighted by Crippen LogP contribution is 2.40. The van der Waals surface area contributed by atoms with Crippen LogP contribution in [0.15, 0.2) is 70.9 Å². The van der Waals surface area contributed by atoms with E-state index in [1.165, 1.54) is 60.6 Å². The number of aliphatic hydroxyl groups is 1.